The molecule has 3 aromatic carbocycles. The third kappa shape index (κ3) is 6.54. The van der Waals surface area contributed by atoms with Crippen molar-refractivity contribution < 1.29 is 49.0 Å². The van der Waals surface area contributed by atoms with Crippen LogP contribution in [0.15, 0.2) is 91.0 Å². The van der Waals surface area contributed by atoms with Gasteiger partial charge in [-0.3, -0.25) is 0 Å². The molecule has 0 saturated carbocycles. The Morgan fingerprint density at radius 2 is 1.24 bits per heavy atom. The summed E-state index contributed by atoms with van der Waals surface area (Å²) in [4.78, 5) is 0. The fraction of sp³-hybridized carbons (Fsp3) is 0.154. The van der Waals surface area contributed by atoms with Crippen LogP contribution in [0.3, 0.4) is 0 Å². The maximum atomic E-state index is 2.31. The van der Waals surface area contributed by atoms with Crippen LogP contribution in [0.5, 0.6) is 0 Å². The zero-order chi connectivity index (χ0) is 19.2. The zero-order valence-electron chi connectivity index (χ0n) is 17.0. The molecular weight excluding hydrogens is 474 g/mol. The van der Waals surface area contributed by atoms with Gasteiger partial charge in [0.1, 0.15) is 0 Å². The normalized spacial score (nSPS) is 11.9. The van der Waals surface area contributed by atoms with Crippen molar-refractivity contribution in [2.24, 2.45) is 0 Å². The molecule has 148 valence electrons. The van der Waals surface area contributed by atoms with Crippen molar-refractivity contribution in [3.05, 3.63) is 124 Å². The van der Waals surface area contributed by atoms with Gasteiger partial charge in [0.15, 0.2) is 0 Å². The van der Waals surface area contributed by atoms with E-state index in [1.165, 1.54) is 60.8 Å². The van der Waals surface area contributed by atoms with Crippen LogP contribution >= 0.6 is 0 Å². The molecule has 0 aliphatic heterocycles. The van der Waals surface area contributed by atoms with E-state index in [1.54, 1.807) is 0 Å². The minimum atomic E-state index is 0. The van der Waals surface area contributed by atoms with Crippen LogP contribution in [0.1, 0.15) is 39.3 Å². The van der Waals surface area contributed by atoms with Gasteiger partial charge in [0, 0.05) is 0 Å². The monoisotopic (exact) mass is 497 g/mol. The van der Waals surface area contributed by atoms with Crippen molar-refractivity contribution in [1.82, 2.24) is 0 Å². The Kier molecular flexibility index (Phi) is 10.9. The summed E-state index contributed by atoms with van der Waals surface area (Å²) in [6.07, 6.45) is 8.76. The first-order valence-corrected chi connectivity index (χ1v) is 10.6. The second-order valence-corrected chi connectivity index (χ2v) is 8.16. The molecule has 29 heavy (non-hydrogen) atoms. The van der Waals surface area contributed by atoms with E-state index in [9.17, 15) is 0 Å². The number of halogens is 2. The number of hydrogen-bond acceptors (Lipinski definition) is 0. The van der Waals surface area contributed by atoms with Gasteiger partial charge < -0.3 is 24.8 Å². The SMILES string of the molecule is Cc1c(C2C=CC=C2)c[c-](C)c1C.[Cl-].[Cl-].[Zr+2]=[C](c1ccccc1)c1ccccc1. The van der Waals surface area contributed by atoms with Gasteiger partial charge in [0.05, 0.1) is 0 Å². The van der Waals surface area contributed by atoms with Crippen LogP contribution in [0.2, 0.25) is 0 Å². The molecular formula is C26H25Cl2Zr-. The van der Waals surface area contributed by atoms with E-state index in [4.69, 9.17) is 0 Å². The van der Waals surface area contributed by atoms with E-state index in [-0.39, 0.29) is 24.8 Å². The van der Waals surface area contributed by atoms with E-state index in [2.05, 4.69) is 112 Å². The van der Waals surface area contributed by atoms with Crippen molar-refractivity contribution >= 4 is 3.21 Å². The molecule has 0 nitrogen and oxygen atoms in total. The van der Waals surface area contributed by atoms with Gasteiger partial charge in [-0.15, -0.1) is 0 Å². The van der Waals surface area contributed by atoms with Gasteiger partial charge in [-0.2, -0.15) is 28.3 Å². The Morgan fingerprint density at radius 3 is 1.62 bits per heavy atom. The summed E-state index contributed by atoms with van der Waals surface area (Å²) in [5, 5.41) is 0. The van der Waals surface area contributed by atoms with Gasteiger partial charge in [-0.05, 0) is 5.92 Å². The summed E-state index contributed by atoms with van der Waals surface area (Å²) < 4.78 is 1.42. The fourth-order valence-corrected chi connectivity index (χ4v) is 4.14. The van der Waals surface area contributed by atoms with Crippen LogP contribution < -0.4 is 24.8 Å². The number of benzene rings is 2. The van der Waals surface area contributed by atoms with Crippen molar-refractivity contribution in [3.8, 4) is 0 Å². The molecule has 3 heteroatoms. The topological polar surface area (TPSA) is 0 Å². The molecule has 0 amide bonds. The number of allylic oxidation sites excluding steroid dienone is 4. The molecule has 0 unspecified atom stereocenters. The first-order chi connectivity index (χ1) is 13.1. The van der Waals surface area contributed by atoms with Crippen molar-refractivity contribution in [2.45, 2.75) is 26.7 Å². The molecule has 1 aliphatic rings. The molecule has 0 heterocycles. The quantitative estimate of drug-likeness (QED) is 0.457. The number of hydrogen-bond donors (Lipinski definition) is 0. The summed E-state index contributed by atoms with van der Waals surface area (Å²) in [6, 6.07) is 23.4. The second kappa shape index (κ2) is 12.3. The van der Waals surface area contributed by atoms with Crippen LogP contribution in [-0.4, -0.2) is 3.21 Å². The molecule has 0 spiro atoms. The minimum absolute atomic E-state index is 0. The van der Waals surface area contributed by atoms with Crippen LogP contribution in [0.25, 0.3) is 0 Å². The molecule has 0 atom stereocenters. The van der Waals surface area contributed by atoms with Crippen molar-refractivity contribution in [2.75, 3.05) is 0 Å². The average Bonchev–Trinajstić information content (AvgIpc) is 3.34. The number of aryl methyl sites for hydroxylation is 1. The van der Waals surface area contributed by atoms with Crippen LogP contribution in [0.4, 0.5) is 0 Å². The Morgan fingerprint density at radius 1 is 0.793 bits per heavy atom. The van der Waals surface area contributed by atoms with Gasteiger partial charge in [-0.25, -0.2) is 0 Å². The van der Waals surface area contributed by atoms with E-state index in [1.807, 2.05) is 0 Å². The molecule has 1 aliphatic carbocycles. The van der Waals surface area contributed by atoms with E-state index in [0.717, 1.165) is 0 Å². The summed E-state index contributed by atoms with van der Waals surface area (Å²) in [7, 11) is 0. The molecule has 0 fully saturated rings. The van der Waals surface area contributed by atoms with Crippen LogP contribution in [-0.2, 0) is 24.2 Å². The third-order valence-electron chi connectivity index (χ3n) is 5.19. The van der Waals surface area contributed by atoms with Gasteiger partial charge in [0.2, 0.25) is 0 Å². The zero-order valence-corrected chi connectivity index (χ0v) is 21.0. The Labute approximate surface area is 202 Å². The standard InChI is InChI=1S/C13H15.C13H10.2ClH.Zr/c1-9-8-13(11(3)10(9)2)12-6-4-5-7-12;1-3-7-12(8-4-1)11-13-9-5-2-6-10-13;;;/h4-8,12H,1-3H3;1-10H;2*1H;/q-1;;;;+2/p-2. The second-order valence-electron chi connectivity index (χ2n) is 6.94. The molecule has 0 aromatic heterocycles. The van der Waals surface area contributed by atoms with Crippen molar-refractivity contribution in [3.63, 3.8) is 0 Å². The van der Waals surface area contributed by atoms with Gasteiger partial charge >= 0.3 is 99.2 Å². The van der Waals surface area contributed by atoms with Crippen molar-refractivity contribution in [1.29, 1.82) is 0 Å². The van der Waals surface area contributed by atoms with E-state index >= 15 is 0 Å². The summed E-state index contributed by atoms with van der Waals surface area (Å²) in [5.74, 6) is 0.521. The van der Waals surface area contributed by atoms with E-state index in [0.29, 0.717) is 5.92 Å². The first-order valence-electron chi connectivity index (χ1n) is 9.35. The molecule has 0 bridgehead atoms. The summed E-state index contributed by atoms with van der Waals surface area (Å²) in [5.41, 5.74) is 8.46. The summed E-state index contributed by atoms with van der Waals surface area (Å²) >= 11 is 1.46. The average molecular weight is 500 g/mol. The Hall–Kier alpha value is -1.40. The summed E-state index contributed by atoms with van der Waals surface area (Å²) in [6.45, 7) is 6.61. The molecule has 0 radical (unpaired) electrons. The molecule has 4 rings (SSSR count). The molecule has 0 N–H and O–H groups in total. The fourth-order valence-electron chi connectivity index (χ4n) is 3.32. The molecule has 3 aromatic rings. The van der Waals surface area contributed by atoms with Crippen LogP contribution in [0, 0.1) is 20.8 Å². The predicted octanol–water partition coefficient (Wildman–Crippen LogP) is 0.351. The number of rotatable bonds is 3. The maximum absolute atomic E-state index is 2.31. The van der Waals surface area contributed by atoms with Gasteiger partial charge in [0.25, 0.3) is 0 Å². The first kappa shape index (κ1) is 25.6. The van der Waals surface area contributed by atoms with E-state index < -0.39 is 0 Å². The predicted molar refractivity (Wildman–Crippen MR) is 113 cm³/mol. The molecule has 0 saturated heterocycles. The Balaban J connectivity index is 0.000000272. The third-order valence-corrected chi connectivity index (χ3v) is 6.61. The Bertz CT molecular complexity index is 913. The van der Waals surface area contributed by atoms with Gasteiger partial charge in [-0.1, -0.05) is 45.1 Å².